The number of hydrogen-bond acceptors (Lipinski definition) is 6. The van der Waals surface area contributed by atoms with E-state index < -0.39 is 0 Å². The van der Waals surface area contributed by atoms with Gasteiger partial charge in [0.15, 0.2) is 0 Å². The third-order valence-electron chi connectivity index (χ3n) is 3.99. The van der Waals surface area contributed by atoms with Crippen LogP contribution in [0.25, 0.3) is 0 Å². The van der Waals surface area contributed by atoms with Gasteiger partial charge < -0.3 is 15.2 Å². The number of aromatic nitrogens is 2. The molecule has 0 saturated heterocycles. The molecule has 0 bridgehead atoms. The Kier molecular flexibility index (Phi) is 5.00. The molecule has 0 aromatic carbocycles. The Morgan fingerprint density at radius 2 is 2.00 bits per heavy atom. The second-order valence-electron chi connectivity index (χ2n) is 6.19. The minimum Gasteiger partial charge on any atom is -0.353 e. The van der Waals surface area contributed by atoms with Gasteiger partial charge in [-0.3, -0.25) is 0 Å². The van der Waals surface area contributed by atoms with Crippen LogP contribution in [0.3, 0.4) is 0 Å². The van der Waals surface area contributed by atoms with Gasteiger partial charge in [-0.25, -0.2) is 15.8 Å². The number of likely N-dealkylation sites (N-methyl/N-ethyl adjacent to an activating group) is 2. The van der Waals surface area contributed by atoms with E-state index in [9.17, 15) is 0 Å². The quantitative estimate of drug-likeness (QED) is 0.589. The fraction of sp³-hybridized carbons (Fsp3) is 0.733. The molecule has 0 spiro atoms. The van der Waals surface area contributed by atoms with E-state index in [2.05, 4.69) is 48.2 Å². The van der Waals surface area contributed by atoms with Gasteiger partial charge in [-0.15, -0.1) is 0 Å². The smallest absolute Gasteiger partial charge is 0.148 e. The van der Waals surface area contributed by atoms with Crippen LogP contribution in [0.15, 0.2) is 0 Å². The van der Waals surface area contributed by atoms with Crippen LogP contribution in [0, 0.1) is 6.92 Å². The SMILES string of the molecule is CCN(c1nc(C2CC2)nc(NN)c1C)C(C)CN(C)C. The Morgan fingerprint density at radius 3 is 2.48 bits per heavy atom. The summed E-state index contributed by atoms with van der Waals surface area (Å²) in [5, 5.41) is 0. The second kappa shape index (κ2) is 6.58. The maximum Gasteiger partial charge on any atom is 0.148 e. The molecule has 118 valence electrons. The van der Waals surface area contributed by atoms with E-state index in [1.54, 1.807) is 0 Å². The minimum absolute atomic E-state index is 0.385. The molecule has 6 nitrogen and oxygen atoms in total. The van der Waals surface area contributed by atoms with Crippen LogP contribution in [0.5, 0.6) is 0 Å². The van der Waals surface area contributed by atoms with E-state index in [4.69, 9.17) is 10.8 Å². The molecule has 3 N–H and O–H groups in total. The molecule has 0 radical (unpaired) electrons. The van der Waals surface area contributed by atoms with Gasteiger partial charge in [0.1, 0.15) is 17.5 Å². The van der Waals surface area contributed by atoms with Crippen LogP contribution in [-0.2, 0) is 0 Å². The van der Waals surface area contributed by atoms with E-state index in [1.165, 1.54) is 12.8 Å². The van der Waals surface area contributed by atoms with Gasteiger partial charge in [0, 0.05) is 30.6 Å². The molecule has 1 heterocycles. The zero-order valence-corrected chi connectivity index (χ0v) is 13.8. The number of nitrogens with zero attached hydrogens (tertiary/aromatic N) is 4. The van der Waals surface area contributed by atoms with Crippen molar-refractivity contribution < 1.29 is 0 Å². The molecule has 0 amide bonds. The van der Waals surface area contributed by atoms with Crippen LogP contribution in [0.2, 0.25) is 0 Å². The molecule has 1 atom stereocenters. The first-order valence-electron chi connectivity index (χ1n) is 7.74. The second-order valence-corrected chi connectivity index (χ2v) is 6.19. The molecule has 6 heteroatoms. The number of anilines is 2. The van der Waals surface area contributed by atoms with E-state index in [1.807, 2.05) is 6.92 Å². The first-order chi connectivity index (χ1) is 9.97. The third kappa shape index (κ3) is 3.63. The van der Waals surface area contributed by atoms with Crippen LogP contribution >= 0.6 is 0 Å². The van der Waals surface area contributed by atoms with Gasteiger partial charge >= 0.3 is 0 Å². The zero-order valence-electron chi connectivity index (χ0n) is 13.8. The lowest BCUT2D eigenvalue weighted by molar-refractivity contribution is 0.372. The summed E-state index contributed by atoms with van der Waals surface area (Å²) in [6.45, 7) is 8.34. The molecular weight excluding hydrogens is 264 g/mol. The number of nitrogen functional groups attached to an aromatic ring is 1. The molecule has 1 aromatic heterocycles. The Balaban J connectivity index is 2.36. The summed E-state index contributed by atoms with van der Waals surface area (Å²) in [5.74, 6) is 8.84. The van der Waals surface area contributed by atoms with Crippen molar-refractivity contribution in [3.05, 3.63) is 11.4 Å². The van der Waals surface area contributed by atoms with Gasteiger partial charge in [0.05, 0.1) is 0 Å². The predicted octanol–water partition coefficient (Wildman–Crippen LogP) is 1.72. The average Bonchev–Trinajstić information content (AvgIpc) is 3.25. The molecule has 1 aliphatic rings. The standard InChI is InChI=1S/C15H28N6/c1-6-21(10(2)9-20(4)5)15-11(3)13(19-16)17-14(18-15)12-7-8-12/h10,12H,6-9,16H2,1-5H3,(H,17,18,19). The highest BCUT2D eigenvalue weighted by molar-refractivity contribution is 5.59. The van der Waals surface area contributed by atoms with Crippen molar-refractivity contribution in [3.8, 4) is 0 Å². The van der Waals surface area contributed by atoms with Gasteiger partial charge in [-0.1, -0.05) is 0 Å². The number of hydrazine groups is 1. The fourth-order valence-electron chi connectivity index (χ4n) is 2.76. The molecule has 1 aliphatic carbocycles. The predicted molar refractivity (Wildman–Crippen MR) is 87.6 cm³/mol. The molecule has 21 heavy (non-hydrogen) atoms. The first-order valence-corrected chi connectivity index (χ1v) is 7.74. The van der Waals surface area contributed by atoms with Crippen molar-refractivity contribution in [1.82, 2.24) is 14.9 Å². The summed E-state index contributed by atoms with van der Waals surface area (Å²) in [5.41, 5.74) is 3.75. The molecule has 1 fully saturated rings. The number of nitrogens with one attached hydrogen (secondary N) is 1. The Labute approximate surface area is 127 Å². The van der Waals surface area contributed by atoms with Crippen molar-refractivity contribution in [2.24, 2.45) is 5.84 Å². The molecule has 2 rings (SSSR count). The van der Waals surface area contributed by atoms with E-state index in [0.29, 0.717) is 12.0 Å². The molecular formula is C15H28N6. The Bertz CT molecular complexity index is 483. The summed E-state index contributed by atoms with van der Waals surface area (Å²) in [6, 6.07) is 0.385. The van der Waals surface area contributed by atoms with E-state index in [0.717, 1.165) is 36.1 Å². The van der Waals surface area contributed by atoms with Crippen LogP contribution in [0.4, 0.5) is 11.6 Å². The minimum atomic E-state index is 0.385. The summed E-state index contributed by atoms with van der Waals surface area (Å²) in [7, 11) is 4.19. The van der Waals surface area contributed by atoms with Gasteiger partial charge in [-0.05, 0) is 47.7 Å². The number of hydrogen-bond donors (Lipinski definition) is 2. The fourth-order valence-corrected chi connectivity index (χ4v) is 2.76. The third-order valence-corrected chi connectivity index (χ3v) is 3.99. The average molecular weight is 292 g/mol. The maximum atomic E-state index is 5.64. The molecule has 0 aliphatic heterocycles. The molecule has 1 saturated carbocycles. The van der Waals surface area contributed by atoms with Crippen molar-refractivity contribution in [2.75, 3.05) is 37.5 Å². The van der Waals surface area contributed by atoms with Crippen molar-refractivity contribution in [1.29, 1.82) is 0 Å². The lowest BCUT2D eigenvalue weighted by Crippen LogP contribution is -2.41. The van der Waals surface area contributed by atoms with Crippen LogP contribution < -0.4 is 16.2 Å². The van der Waals surface area contributed by atoms with Gasteiger partial charge in [-0.2, -0.15) is 0 Å². The summed E-state index contributed by atoms with van der Waals surface area (Å²) >= 11 is 0. The summed E-state index contributed by atoms with van der Waals surface area (Å²) < 4.78 is 0. The number of nitrogens with two attached hydrogens (primary N) is 1. The highest BCUT2D eigenvalue weighted by Crippen LogP contribution is 2.40. The lowest BCUT2D eigenvalue weighted by atomic mass is 10.2. The van der Waals surface area contributed by atoms with Gasteiger partial charge in [0.2, 0.25) is 0 Å². The summed E-state index contributed by atoms with van der Waals surface area (Å²) in [4.78, 5) is 13.9. The monoisotopic (exact) mass is 292 g/mol. The Hall–Kier alpha value is -1.40. The molecule has 1 aromatic rings. The van der Waals surface area contributed by atoms with E-state index >= 15 is 0 Å². The van der Waals surface area contributed by atoms with Crippen LogP contribution in [-0.4, -0.2) is 48.1 Å². The maximum absolute atomic E-state index is 5.64. The summed E-state index contributed by atoms with van der Waals surface area (Å²) in [6.07, 6.45) is 2.37. The van der Waals surface area contributed by atoms with Crippen LogP contribution in [0.1, 0.15) is 44.0 Å². The topological polar surface area (TPSA) is 70.3 Å². The molecule has 1 unspecified atom stereocenters. The largest absolute Gasteiger partial charge is 0.353 e. The van der Waals surface area contributed by atoms with E-state index in [-0.39, 0.29) is 0 Å². The van der Waals surface area contributed by atoms with Gasteiger partial charge in [0.25, 0.3) is 0 Å². The normalized spacial score (nSPS) is 16.1. The Morgan fingerprint density at radius 1 is 1.33 bits per heavy atom. The highest BCUT2D eigenvalue weighted by atomic mass is 15.3. The first kappa shape index (κ1) is 16.0. The van der Waals surface area contributed by atoms with Crippen molar-refractivity contribution in [2.45, 2.75) is 45.6 Å². The lowest BCUT2D eigenvalue weighted by Gasteiger charge is -2.32. The van der Waals surface area contributed by atoms with Crippen molar-refractivity contribution >= 4 is 11.6 Å². The zero-order chi connectivity index (χ0) is 15.6. The highest BCUT2D eigenvalue weighted by Gasteiger charge is 2.29. The number of rotatable bonds is 7. The van der Waals surface area contributed by atoms with Crippen molar-refractivity contribution in [3.63, 3.8) is 0 Å².